The Balaban J connectivity index is 1.86. The van der Waals surface area contributed by atoms with Gasteiger partial charge in [-0.2, -0.15) is 0 Å². The van der Waals surface area contributed by atoms with E-state index < -0.39 is 18.0 Å². The molecule has 1 N–H and O–H groups in total. The molecule has 2 rings (SSSR count). The maximum absolute atomic E-state index is 12.4. The molecular formula is C20H20BrNO5. The third-order valence-electron chi connectivity index (χ3n) is 3.74. The van der Waals surface area contributed by atoms with Crippen molar-refractivity contribution >= 4 is 39.3 Å². The van der Waals surface area contributed by atoms with Gasteiger partial charge in [0.2, 0.25) is 0 Å². The molecule has 2 aromatic rings. The van der Waals surface area contributed by atoms with Gasteiger partial charge in [-0.15, -0.1) is 0 Å². The molecule has 1 amide bonds. The smallest absolute Gasteiger partial charge is 0.307 e. The van der Waals surface area contributed by atoms with Crippen LogP contribution in [0.15, 0.2) is 53.0 Å². The van der Waals surface area contributed by atoms with E-state index in [9.17, 15) is 14.4 Å². The number of Topliss-reactive ketones (excluding diaryl/α,β-unsaturated/α-hetero) is 1. The normalized spacial score (nSPS) is 11.4. The van der Waals surface area contributed by atoms with Gasteiger partial charge in [0.15, 0.2) is 11.9 Å². The number of hydrogen-bond donors (Lipinski definition) is 1. The zero-order valence-electron chi connectivity index (χ0n) is 15.0. The first-order valence-electron chi connectivity index (χ1n) is 8.33. The lowest BCUT2D eigenvalue weighted by Gasteiger charge is -2.13. The predicted octanol–water partition coefficient (Wildman–Crippen LogP) is 3.99. The van der Waals surface area contributed by atoms with Crippen molar-refractivity contribution in [3.05, 3.63) is 58.6 Å². The number of carbonyl (C=O) groups excluding carboxylic acids is 3. The fourth-order valence-electron chi connectivity index (χ4n) is 2.32. The molecule has 0 aliphatic rings. The Hall–Kier alpha value is -2.67. The number of esters is 1. The Kier molecular flexibility index (Phi) is 7.55. The fourth-order valence-corrected chi connectivity index (χ4v) is 2.68. The third kappa shape index (κ3) is 6.21. The van der Waals surface area contributed by atoms with E-state index in [1.165, 1.54) is 14.0 Å². The number of amides is 1. The molecule has 2 aromatic carbocycles. The molecule has 0 aliphatic carbocycles. The highest BCUT2D eigenvalue weighted by molar-refractivity contribution is 9.10. The minimum atomic E-state index is -0.965. The number of ether oxygens (including phenoxy) is 2. The number of halogens is 1. The van der Waals surface area contributed by atoms with Crippen LogP contribution in [0.1, 0.15) is 30.1 Å². The summed E-state index contributed by atoms with van der Waals surface area (Å²) in [5, 5.41) is 2.65. The monoisotopic (exact) mass is 433 g/mol. The molecule has 0 aromatic heterocycles. The Morgan fingerprint density at radius 2 is 1.78 bits per heavy atom. The maximum Gasteiger partial charge on any atom is 0.307 e. The summed E-state index contributed by atoms with van der Waals surface area (Å²) < 4.78 is 11.0. The van der Waals surface area contributed by atoms with Gasteiger partial charge in [-0.3, -0.25) is 14.4 Å². The summed E-state index contributed by atoms with van der Waals surface area (Å²) in [7, 11) is 1.47. The predicted molar refractivity (Wildman–Crippen MR) is 105 cm³/mol. The van der Waals surface area contributed by atoms with Crippen LogP contribution in [0.25, 0.3) is 0 Å². The molecule has 6 nitrogen and oxygen atoms in total. The molecule has 0 radical (unpaired) electrons. The Labute approximate surface area is 166 Å². The summed E-state index contributed by atoms with van der Waals surface area (Å²) in [6.45, 7) is 1.48. The molecule has 0 saturated heterocycles. The van der Waals surface area contributed by atoms with Crippen molar-refractivity contribution in [2.24, 2.45) is 0 Å². The zero-order valence-corrected chi connectivity index (χ0v) is 16.6. The molecule has 1 atom stereocenters. The maximum atomic E-state index is 12.4. The third-order valence-corrected chi connectivity index (χ3v) is 4.23. The summed E-state index contributed by atoms with van der Waals surface area (Å²) in [5.74, 6) is -0.860. The van der Waals surface area contributed by atoms with Crippen molar-refractivity contribution in [1.29, 1.82) is 0 Å². The lowest BCUT2D eigenvalue weighted by atomic mass is 10.1. The van der Waals surface area contributed by atoms with Crippen LogP contribution >= 0.6 is 15.9 Å². The van der Waals surface area contributed by atoms with Gasteiger partial charge in [0.05, 0.1) is 19.1 Å². The first kappa shape index (κ1) is 20.6. The number of anilines is 1. The fraction of sp³-hybridized carbons (Fsp3) is 0.250. The number of hydrogen-bond acceptors (Lipinski definition) is 5. The van der Waals surface area contributed by atoms with Gasteiger partial charge in [-0.1, -0.05) is 34.1 Å². The van der Waals surface area contributed by atoms with Gasteiger partial charge >= 0.3 is 5.97 Å². The number of rotatable bonds is 8. The van der Waals surface area contributed by atoms with Crippen molar-refractivity contribution in [2.45, 2.75) is 25.9 Å². The molecule has 0 heterocycles. The van der Waals surface area contributed by atoms with Gasteiger partial charge in [-0.05, 0) is 37.3 Å². The van der Waals surface area contributed by atoms with Gasteiger partial charge in [0.1, 0.15) is 5.75 Å². The van der Waals surface area contributed by atoms with Crippen molar-refractivity contribution in [3.8, 4) is 5.75 Å². The Bertz CT molecular complexity index is 822. The van der Waals surface area contributed by atoms with Crippen LogP contribution in [-0.4, -0.2) is 30.9 Å². The minimum absolute atomic E-state index is 0.0430. The number of carbonyl (C=O) groups is 3. The first-order chi connectivity index (χ1) is 12.9. The quantitative estimate of drug-likeness (QED) is 0.502. The van der Waals surface area contributed by atoms with Gasteiger partial charge in [0, 0.05) is 16.6 Å². The summed E-state index contributed by atoms with van der Waals surface area (Å²) >= 11 is 3.31. The summed E-state index contributed by atoms with van der Waals surface area (Å²) in [6.07, 6.45) is -1.14. The lowest BCUT2D eigenvalue weighted by molar-refractivity contribution is -0.153. The van der Waals surface area contributed by atoms with E-state index in [0.29, 0.717) is 17.0 Å². The molecule has 0 fully saturated rings. The molecule has 142 valence electrons. The highest BCUT2D eigenvalue weighted by atomic mass is 79.9. The molecule has 27 heavy (non-hydrogen) atoms. The molecule has 0 bridgehead atoms. The Morgan fingerprint density at radius 1 is 1.07 bits per heavy atom. The van der Waals surface area contributed by atoms with Crippen molar-refractivity contribution in [2.75, 3.05) is 12.4 Å². The number of ketones is 1. The number of para-hydroxylation sites is 1. The van der Waals surface area contributed by atoms with Gasteiger partial charge < -0.3 is 14.8 Å². The second kappa shape index (κ2) is 9.87. The van der Waals surface area contributed by atoms with Crippen LogP contribution in [0.5, 0.6) is 5.75 Å². The van der Waals surface area contributed by atoms with E-state index in [1.54, 1.807) is 42.5 Å². The Morgan fingerprint density at radius 3 is 2.44 bits per heavy atom. The second-order valence-corrected chi connectivity index (χ2v) is 6.67. The van der Waals surface area contributed by atoms with Crippen LogP contribution in [0, 0.1) is 0 Å². The van der Waals surface area contributed by atoms with Crippen LogP contribution in [-0.2, 0) is 14.3 Å². The average molecular weight is 434 g/mol. The van der Waals surface area contributed by atoms with Crippen molar-refractivity contribution in [1.82, 2.24) is 0 Å². The summed E-state index contributed by atoms with van der Waals surface area (Å²) in [4.78, 5) is 36.4. The van der Waals surface area contributed by atoms with E-state index in [-0.39, 0.29) is 18.6 Å². The molecule has 1 unspecified atom stereocenters. The first-order valence-corrected chi connectivity index (χ1v) is 9.12. The van der Waals surface area contributed by atoms with E-state index in [4.69, 9.17) is 9.47 Å². The van der Waals surface area contributed by atoms with E-state index in [2.05, 4.69) is 21.2 Å². The number of methoxy groups -OCH3 is 1. The SMILES string of the molecule is COc1ccc(Br)cc1C(=O)CCC(=O)OC(C)C(=O)Nc1ccccc1. The minimum Gasteiger partial charge on any atom is -0.496 e. The molecule has 0 saturated carbocycles. The van der Waals surface area contributed by atoms with E-state index >= 15 is 0 Å². The average Bonchev–Trinajstić information content (AvgIpc) is 2.66. The van der Waals surface area contributed by atoms with Crippen LogP contribution in [0.3, 0.4) is 0 Å². The van der Waals surface area contributed by atoms with Crippen LogP contribution in [0.4, 0.5) is 5.69 Å². The van der Waals surface area contributed by atoms with Crippen LogP contribution < -0.4 is 10.1 Å². The molecule has 7 heteroatoms. The van der Waals surface area contributed by atoms with Crippen molar-refractivity contribution < 1.29 is 23.9 Å². The topological polar surface area (TPSA) is 81.7 Å². The van der Waals surface area contributed by atoms with E-state index in [0.717, 1.165) is 4.47 Å². The summed E-state index contributed by atoms with van der Waals surface area (Å²) in [6, 6.07) is 13.9. The standard InChI is InChI=1S/C20H20BrNO5/c1-13(20(25)22-15-6-4-3-5-7-15)27-19(24)11-9-17(23)16-12-14(21)8-10-18(16)26-2/h3-8,10,12-13H,9,11H2,1-2H3,(H,22,25). The number of benzene rings is 2. The lowest BCUT2D eigenvalue weighted by Crippen LogP contribution is -2.30. The zero-order chi connectivity index (χ0) is 19.8. The summed E-state index contributed by atoms with van der Waals surface area (Å²) in [5.41, 5.74) is 0.997. The highest BCUT2D eigenvalue weighted by Crippen LogP contribution is 2.24. The van der Waals surface area contributed by atoms with Crippen LogP contribution in [0.2, 0.25) is 0 Å². The molecular weight excluding hydrogens is 414 g/mol. The van der Waals surface area contributed by atoms with Gasteiger partial charge in [0.25, 0.3) is 5.91 Å². The molecule has 0 aliphatic heterocycles. The largest absolute Gasteiger partial charge is 0.496 e. The highest BCUT2D eigenvalue weighted by Gasteiger charge is 2.20. The van der Waals surface area contributed by atoms with Gasteiger partial charge in [-0.25, -0.2) is 0 Å². The van der Waals surface area contributed by atoms with E-state index in [1.807, 2.05) is 6.07 Å². The van der Waals surface area contributed by atoms with Crippen molar-refractivity contribution in [3.63, 3.8) is 0 Å². The number of nitrogens with one attached hydrogen (secondary N) is 1. The second-order valence-electron chi connectivity index (χ2n) is 5.76. The molecule has 0 spiro atoms.